The van der Waals surface area contributed by atoms with E-state index >= 15 is 0 Å². The van der Waals surface area contributed by atoms with Gasteiger partial charge in [0.15, 0.2) is 0 Å². The average molecular weight is 457 g/mol. The van der Waals surface area contributed by atoms with Crippen LogP contribution in [0.4, 0.5) is 0 Å². The van der Waals surface area contributed by atoms with E-state index in [0.717, 1.165) is 44.1 Å². The molecule has 0 aliphatic heterocycles. The summed E-state index contributed by atoms with van der Waals surface area (Å²) in [4.78, 5) is 25.9. The highest BCUT2D eigenvalue weighted by Gasteiger charge is 2.24. The third-order valence-electron chi connectivity index (χ3n) is 5.79. The Morgan fingerprint density at radius 1 is 0.758 bits per heavy atom. The van der Waals surface area contributed by atoms with Gasteiger partial charge in [-0.2, -0.15) is 0 Å². The Morgan fingerprint density at radius 2 is 1.42 bits per heavy atom. The number of benzene rings is 1. The van der Waals surface area contributed by atoms with Crippen molar-refractivity contribution in [3.63, 3.8) is 0 Å². The molecule has 1 aromatic carbocycles. The molecule has 0 N–H and O–H groups in total. The first-order chi connectivity index (χ1) is 16.2. The smallest absolute Gasteiger partial charge is 0.346 e. The zero-order valence-corrected chi connectivity index (χ0v) is 20.4. The number of rotatable bonds is 17. The molecule has 182 valence electrons. The third kappa shape index (κ3) is 9.85. The van der Waals surface area contributed by atoms with Gasteiger partial charge in [-0.1, -0.05) is 90.2 Å². The van der Waals surface area contributed by atoms with Gasteiger partial charge in [-0.25, -0.2) is 9.59 Å². The number of aryl methyl sites for hydroxylation is 1. The van der Waals surface area contributed by atoms with Crippen molar-refractivity contribution >= 4 is 11.9 Å². The number of esters is 2. The van der Waals surface area contributed by atoms with Crippen molar-refractivity contribution in [3.8, 4) is 5.95 Å². The van der Waals surface area contributed by atoms with Crippen LogP contribution in [-0.4, -0.2) is 18.5 Å². The van der Waals surface area contributed by atoms with Crippen LogP contribution < -0.4 is 4.74 Å². The molecule has 0 saturated heterocycles. The van der Waals surface area contributed by atoms with E-state index in [4.69, 9.17) is 13.9 Å². The Labute approximate surface area is 198 Å². The lowest BCUT2D eigenvalue weighted by Gasteiger charge is -2.14. The summed E-state index contributed by atoms with van der Waals surface area (Å²) < 4.78 is 16.0. The van der Waals surface area contributed by atoms with Gasteiger partial charge in [0.25, 0.3) is 5.95 Å². The van der Waals surface area contributed by atoms with Gasteiger partial charge in [0.2, 0.25) is 0 Å². The van der Waals surface area contributed by atoms with Crippen molar-refractivity contribution in [2.75, 3.05) is 6.61 Å². The molecule has 0 aliphatic carbocycles. The number of furan rings is 1. The van der Waals surface area contributed by atoms with E-state index in [0.29, 0.717) is 12.2 Å². The maximum absolute atomic E-state index is 13.0. The van der Waals surface area contributed by atoms with Crippen LogP contribution in [0.2, 0.25) is 0 Å². The summed E-state index contributed by atoms with van der Waals surface area (Å²) in [5.74, 6) is -0.953. The van der Waals surface area contributed by atoms with Crippen LogP contribution in [-0.2, 0) is 11.2 Å². The number of carbonyl (C=O) groups excluding carboxylic acids is 2. The molecule has 0 spiro atoms. The van der Waals surface area contributed by atoms with Crippen LogP contribution in [0.1, 0.15) is 117 Å². The summed E-state index contributed by atoms with van der Waals surface area (Å²) in [6.45, 7) is 4.76. The SMILES string of the molecule is CCCCCCCCOC(=O)c1c(CCCCCCCC)cccc1C(=O)Oc1ccco1. The molecule has 0 atom stereocenters. The van der Waals surface area contributed by atoms with E-state index in [1.165, 1.54) is 51.2 Å². The number of carbonyl (C=O) groups is 2. The van der Waals surface area contributed by atoms with Crippen LogP contribution >= 0.6 is 0 Å². The topological polar surface area (TPSA) is 65.7 Å². The van der Waals surface area contributed by atoms with Gasteiger partial charge >= 0.3 is 11.9 Å². The van der Waals surface area contributed by atoms with Crippen molar-refractivity contribution in [2.24, 2.45) is 0 Å². The highest BCUT2D eigenvalue weighted by Crippen LogP contribution is 2.22. The van der Waals surface area contributed by atoms with Crippen molar-refractivity contribution in [2.45, 2.75) is 97.3 Å². The second-order valence-electron chi connectivity index (χ2n) is 8.58. The molecule has 0 radical (unpaired) electrons. The average Bonchev–Trinajstić information content (AvgIpc) is 3.33. The fourth-order valence-corrected chi connectivity index (χ4v) is 3.90. The number of hydrogen-bond donors (Lipinski definition) is 0. The lowest BCUT2D eigenvalue weighted by Crippen LogP contribution is -2.18. The number of ether oxygens (including phenoxy) is 2. The summed E-state index contributed by atoms with van der Waals surface area (Å²) >= 11 is 0. The molecule has 0 saturated carbocycles. The van der Waals surface area contributed by atoms with Gasteiger partial charge in [-0.05, 0) is 37.0 Å². The third-order valence-corrected chi connectivity index (χ3v) is 5.79. The molecule has 0 unspecified atom stereocenters. The predicted molar refractivity (Wildman–Crippen MR) is 131 cm³/mol. The molecular formula is C28H40O5. The zero-order valence-electron chi connectivity index (χ0n) is 20.4. The van der Waals surface area contributed by atoms with E-state index in [1.54, 1.807) is 24.3 Å². The molecule has 0 amide bonds. The van der Waals surface area contributed by atoms with Gasteiger partial charge < -0.3 is 13.9 Å². The molecule has 1 heterocycles. The van der Waals surface area contributed by atoms with Crippen molar-refractivity contribution in [3.05, 3.63) is 53.3 Å². The van der Waals surface area contributed by atoms with Crippen LogP contribution in [0.5, 0.6) is 5.95 Å². The highest BCUT2D eigenvalue weighted by atomic mass is 16.6. The Bertz CT molecular complexity index is 810. The predicted octanol–water partition coefficient (Wildman–Crippen LogP) is 7.92. The standard InChI is InChI=1S/C28H40O5/c1-3-5-7-9-11-13-17-23-18-15-19-24(27(29)33-25-20-16-22-31-25)26(23)28(30)32-21-14-12-10-8-6-4-2/h15-16,18-20,22H,3-14,17,21H2,1-2H3. The molecule has 2 rings (SSSR count). The summed E-state index contributed by atoms with van der Waals surface area (Å²) in [6, 6.07) is 8.55. The summed E-state index contributed by atoms with van der Waals surface area (Å²) in [5.41, 5.74) is 1.39. The monoisotopic (exact) mass is 456 g/mol. The van der Waals surface area contributed by atoms with Crippen LogP contribution in [0, 0.1) is 0 Å². The molecule has 5 nitrogen and oxygen atoms in total. The molecule has 2 aromatic rings. The lowest BCUT2D eigenvalue weighted by molar-refractivity contribution is 0.0486. The maximum Gasteiger partial charge on any atom is 0.346 e. The fourth-order valence-electron chi connectivity index (χ4n) is 3.90. The van der Waals surface area contributed by atoms with Crippen molar-refractivity contribution in [1.82, 2.24) is 0 Å². The molecular weight excluding hydrogens is 416 g/mol. The minimum Gasteiger partial charge on any atom is -0.462 e. The van der Waals surface area contributed by atoms with Crippen LogP contribution in [0.25, 0.3) is 0 Å². The molecule has 33 heavy (non-hydrogen) atoms. The second kappa shape index (κ2) is 16.1. The first-order valence-corrected chi connectivity index (χ1v) is 12.7. The van der Waals surface area contributed by atoms with E-state index in [-0.39, 0.29) is 11.5 Å². The van der Waals surface area contributed by atoms with Gasteiger partial charge in [0.1, 0.15) is 0 Å². The van der Waals surface area contributed by atoms with E-state index in [2.05, 4.69) is 13.8 Å². The number of hydrogen-bond acceptors (Lipinski definition) is 5. The van der Waals surface area contributed by atoms with Crippen molar-refractivity contribution < 1.29 is 23.5 Å². The lowest BCUT2D eigenvalue weighted by atomic mass is 9.96. The molecule has 0 fully saturated rings. The van der Waals surface area contributed by atoms with Gasteiger partial charge in [-0.3, -0.25) is 0 Å². The van der Waals surface area contributed by atoms with Gasteiger partial charge in [-0.15, -0.1) is 0 Å². The normalized spacial score (nSPS) is 10.8. The van der Waals surface area contributed by atoms with Gasteiger partial charge in [0, 0.05) is 6.07 Å². The first kappa shape index (κ1) is 26.7. The van der Waals surface area contributed by atoms with E-state index in [1.807, 2.05) is 6.07 Å². The largest absolute Gasteiger partial charge is 0.462 e. The van der Waals surface area contributed by atoms with Crippen LogP contribution in [0.3, 0.4) is 0 Å². The highest BCUT2D eigenvalue weighted by molar-refractivity contribution is 6.04. The quantitative estimate of drug-likeness (QED) is 0.179. The molecule has 5 heteroatoms. The number of unbranched alkanes of at least 4 members (excludes halogenated alkanes) is 10. The summed E-state index contributed by atoms with van der Waals surface area (Å²) in [6.07, 6.45) is 15.8. The maximum atomic E-state index is 13.0. The minimum absolute atomic E-state index is 0.104. The Balaban J connectivity index is 2.04. The molecule has 0 aliphatic rings. The van der Waals surface area contributed by atoms with Crippen molar-refractivity contribution in [1.29, 1.82) is 0 Å². The summed E-state index contributed by atoms with van der Waals surface area (Å²) in [7, 11) is 0. The van der Waals surface area contributed by atoms with Crippen LogP contribution in [0.15, 0.2) is 41.0 Å². The molecule has 1 aromatic heterocycles. The Hall–Kier alpha value is -2.56. The zero-order chi connectivity index (χ0) is 23.7. The summed E-state index contributed by atoms with van der Waals surface area (Å²) in [5, 5.41) is 0. The minimum atomic E-state index is -0.610. The second-order valence-corrected chi connectivity index (χ2v) is 8.58. The Morgan fingerprint density at radius 3 is 2.09 bits per heavy atom. The first-order valence-electron chi connectivity index (χ1n) is 12.7. The van der Waals surface area contributed by atoms with Gasteiger partial charge in [0.05, 0.1) is 24.0 Å². The Kier molecular flexibility index (Phi) is 13.0. The van der Waals surface area contributed by atoms with E-state index < -0.39 is 11.9 Å². The fraction of sp³-hybridized carbons (Fsp3) is 0.571. The van der Waals surface area contributed by atoms with E-state index in [9.17, 15) is 9.59 Å². The molecule has 0 bridgehead atoms.